The first-order valence-corrected chi connectivity index (χ1v) is 17.2. The Morgan fingerprint density at radius 3 is 2.12 bits per heavy atom. The standard InChI is InChI=1S/C31H38BrN3O5S2/c1-6-22(3)33-31(37)23(4)34(20-24-8-10-25(32)11-9-24)30(36)21-35(26-12-14-27(15-13-26)40-7-2)42(38,39)29-18-16-28(41-5)17-19-29/h8-19,22-23H,6-7,20-21H2,1-5H3,(H,33,37). The Labute approximate surface area is 262 Å². The van der Waals surface area contributed by atoms with Crippen LogP contribution in [0.1, 0.15) is 39.7 Å². The summed E-state index contributed by atoms with van der Waals surface area (Å²) in [6, 6.07) is 19.6. The zero-order valence-corrected chi connectivity index (χ0v) is 27.8. The second-order valence-electron chi connectivity index (χ2n) is 9.76. The maximum absolute atomic E-state index is 14.0. The highest BCUT2D eigenvalue weighted by Crippen LogP contribution is 2.28. The molecule has 0 saturated carbocycles. The average molecular weight is 677 g/mol. The summed E-state index contributed by atoms with van der Waals surface area (Å²) in [5.41, 5.74) is 1.11. The van der Waals surface area contributed by atoms with Crippen LogP contribution in [0.15, 0.2) is 87.1 Å². The van der Waals surface area contributed by atoms with E-state index in [1.165, 1.54) is 28.8 Å². The summed E-state index contributed by atoms with van der Waals surface area (Å²) in [6.45, 7) is 7.47. The molecule has 0 heterocycles. The molecule has 0 fully saturated rings. The molecule has 0 aromatic heterocycles. The van der Waals surface area contributed by atoms with Crippen LogP contribution in [-0.4, -0.2) is 56.6 Å². The van der Waals surface area contributed by atoms with E-state index in [1.54, 1.807) is 43.3 Å². The van der Waals surface area contributed by atoms with Gasteiger partial charge in [0.25, 0.3) is 10.0 Å². The zero-order chi connectivity index (χ0) is 30.9. The van der Waals surface area contributed by atoms with Crippen molar-refractivity contribution < 1.29 is 22.7 Å². The number of nitrogens with zero attached hydrogens (tertiary/aromatic N) is 2. The van der Waals surface area contributed by atoms with Crippen molar-refractivity contribution in [2.24, 2.45) is 0 Å². The van der Waals surface area contributed by atoms with Gasteiger partial charge in [-0.3, -0.25) is 13.9 Å². The first-order chi connectivity index (χ1) is 20.0. The molecule has 1 N–H and O–H groups in total. The number of anilines is 1. The lowest BCUT2D eigenvalue weighted by atomic mass is 10.1. The Morgan fingerprint density at radius 1 is 0.952 bits per heavy atom. The fraction of sp³-hybridized carbons (Fsp3) is 0.355. The molecule has 2 amide bonds. The summed E-state index contributed by atoms with van der Waals surface area (Å²) >= 11 is 4.93. The Balaban J connectivity index is 2.03. The molecule has 0 spiro atoms. The SMILES string of the molecule is CCOc1ccc(N(CC(=O)N(Cc2ccc(Br)cc2)C(C)C(=O)NC(C)CC)S(=O)(=O)c2ccc(SC)cc2)cc1. The number of thioether (sulfide) groups is 1. The third kappa shape index (κ3) is 8.75. The largest absolute Gasteiger partial charge is 0.494 e. The van der Waals surface area contributed by atoms with Gasteiger partial charge in [-0.2, -0.15) is 0 Å². The van der Waals surface area contributed by atoms with Gasteiger partial charge in [-0.15, -0.1) is 11.8 Å². The van der Waals surface area contributed by atoms with Crippen molar-refractivity contribution in [2.75, 3.05) is 23.7 Å². The molecule has 0 aliphatic rings. The van der Waals surface area contributed by atoms with Gasteiger partial charge in [0.2, 0.25) is 11.8 Å². The number of hydrogen-bond donors (Lipinski definition) is 1. The quantitative estimate of drug-likeness (QED) is 0.208. The maximum atomic E-state index is 14.0. The van der Waals surface area contributed by atoms with Crippen molar-refractivity contribution in [1.29, 1.82) is 0 Å². The number of amides is 2. The van der Waals surface area contributed by atoms with Crippen molar-refractivity contribution in [3.63, 3.8) is 0 Å². The predicted molar refractivity (Wildman–Crippen MR) is 172 cm³/mol. The highest BCUT2D eigenvalue weighted by Gasteiger charge is 2.33. The maximum Gasteiger partial charge on any atom is 0.264 e. The van der Waals surface area contributed by atoms with Gasteiger partial charge in [-0.1, -0.05) is 35.0 Å². The van der Waals surface area contributed by atoms with Crippen molar-refractivity contribution >= 4 is 55.2 Å². The molecule has 8 nitrogen and oxygen atoms in total. The van der Waals surface area contributed by atoms with E-state index in [0.29, 0.717) is 18.0 Å². The monoisotopic (exact) mass is 675 g/mol. The Morgan fingerprint density at radius 2 is 1.57 bits per heavy atom. The van der Waals surface area contributed by atoms with Gasteiger partial charge >= 0.3 is 0 Å². The van der Waals surface area contributed by atoms with E-state index in [4.69, 9.17) is 4.74 Å². The van der Waals surface area contributed by atoms with E-state index in [0.717, 1.165) is 25.7 Å². The predicted octanol–water partition coefficient (Wildman–Crippen LogP) is 6.10. The number of carbonyl (C=O) groups excluding carboxylic acids is 2. The molecule has 11 heteroatoms. The highest BCUT2D eigenvalue weighted by molar-refractivity contribution is 9.10. The topological polar surface area (TPSA) is 96.0 Å². The van der Waals surface area contributed by atoms with Gasteiger partial charge in [0, 0.05) is 22.0 Å². The van der Waals surface area contributed by atoms with Crippen molar-refractivity contribution in [1.82, 2.24) is 10.2 Å². The summed E-state index contributed by atoms with van der Waals surface area (Å²) in [5, 5.41) is 2.94. The fourth-order valence-electron chi connectivity index (χ4n) is 4.11. The Hall–Kier alpha value is -3.02. The zero-order valence-electron chi connectivity index (χ0n) is 24.5. The fourth-order valence-corrected chi connectivity index (χ4v) is 6.20. The van der Waals surface area contributed by atoms with Crippen LogP contribution in [0.3, 0.4) is 0 Å². The molecule has 0 aliphatic heterocycles. The van der Waals surface area contributed by atoms with E-state index in [1.807, 2.05) is 51.3 Å². The summed E-state index contributed by atoms with van der Waals surface area (Å²) in [4.78, 5) is 29.6. The van der Waals surface area contributed by atoms with E-state index in [9.17, 15) is 18.0 Å². The third-order valence-electron chi connectivity index (χ3n) is 6.80. The van der Waals surface area contributed by atoms with Crippen molar-refractivity contribution in [3.8, 4) is 5.75 Å². The molecule has 226 valence electrons. The molecule has 3 rings (SSSR count). The van der Waals surface area contributed by atoms with Gasteiger partial charge in [0.15, 0.2) is 0 Å². The Kier molecular flexibility index (Phi) is 12.3. The van der Waals surface area contributed by atoms with Gasteiger partial charge < -0.3 is 15.0 Å². The number of sulfonamides is 1. The minimum Gasteiger partial charge on any atom is -0.494 e. The number of ether oxygens (including phenoxy) is 1. The lowest BCUT2D eigenvalue weighted by Crippen LogP contribution is -2.52. The van der Waals surface area contributed by atoms with E-state index >= 15 is 0 Å². The number of nitrogens with one attached hydrogen (secondary N) is 1. The molecule has 3 aromatic carbocycles. The van der Waals surface area contributed by atoms with Crippen LogP contribution in [0.2, 0.25) is 0 Å². The number of benzene rings is 3. The number of rotatable bonds is 14. The molecule has 0 aliphatic carbocycles. The minimum absolute atomic E-state index is 0.0593. The number of halogens is 1. The second-order valence-corrected chi connectivity index (χ2v) is 13.4. The summed E-state index contributed by atoms with van der Waals surface area (Å²) in [6.07, 6.45) is 2.64. The summed E-state index contributed by atoms with van der Waals surface area (Å²) < 4.78 is 35.5. The summed E-state index contributed by atoms with van der Waals surface area (Å²) in [5.74, 6) is -0.234. The van der Waals surface area contributed by atoms with Gasteiger partial charge in [-0.25, -0.2) is 8.42 Å². The van der Waals surface area contributed by atoms with Crippen LogP contribution in [-0.2, 0) is 26.2 Å². The molecule has 2 atom stereocenters. The van der Waals surface area contributed by atoms with Crippen LogP contribution in [0.25, 0.3) is 0 Å². The minimum atomic E-state index is -4.15. The van der Waals surface area contributed by atoms with E-state index < -0.39 is 28.5 Å². The normalized spacial score (nSPS) is 12.7. The molecular weight excluding hydrogens is 638 g/mol. The smallest absolute Gasteiger partial charge is 0.264 e. The van der Waals surface area contributed by atoms with Gasteiger partial charge in [0.05, 0.1) is 17.2 Å². The molecule has 42 heavy (non-hydrogen) atoms. The molecule has 0 saturated heterocycles. The van der Waals surface area contributed by atoms with Crippen LogP contribution in [0, 0.1) is 0 Å². The lowest BCUT2D eigenvalue weighted by molar-refractivity contribution is -0.139. The second kappa shape index (κ2) is 15.5. The average Bonchev–Trinajstić information content (AvgIpc) is 2.99. The number of carbonyl (C=O) groups is 2. The van der Waals surface area contributed by atoms with Crippen molar-refractivity contribution in [3.05, 3.63) is 82.8 Å². The highest BCUT2D eigenvalue weighted by atomic mass is 79.9. The summed E-state index contributed by atoms with van der Waals surface area (Å²) in [7, 11) is -4.15. The van der Waals surface area contributed by atoms with Crippen LogP contribution in [0.5, 0.6) is 5.75 Å². The molecular formula is C31H38BrN3O5S2. The molecule has 0 radical (unpaired) electrons. The molecule has 0 bridgehead atoms. The van der Waals surface area contributed by atoms with Crippen LogP contribution in [0.4, 0.5) is 5.69 Å². The molecule has 2 unspecified atom stereocenters. The van der Waals surface area contributed by atoms with Crippen LogP contribution >= 0.6 is 27.7 Å². The first-order valence-electron chi connectivity index (χ1n) is 13.7. The third-order valence-corrected chi connectivity index (χ3v) is 9.86. The van der Waals surface area contributed by atoms with Crippen LogP contribution < -0.4 is 14.4 Å². The lowest BCUT2D eigenvalue weighted by Gasteiger charge is -2.32. The van der Waals surface area contributed by atoms with Crippen molar-refractivity contribution in [2.45, 2.75) is 62.5 Å². The van der Waals surface area contributed by atoms with Gasteiger partial charge in [0.1, 0.15) is 18.3 Å². The van der Waals surface area contributed by atoms with Gasteiger partial charge in [-0.05, 0) is 99.7 Å². The first kappa shape index (κ1) is 33.5. The number of hydrogen-bond acceptors (Lipinski definition) is 6. The Bertz CT molecular complexity index is 1430. The van der Waals surface area contributed by atoms with E-state index in [-0.39, 0.29) is 23.4 Å². The molecule has 3 aromatic rings. The van der Waals surface area contributed by atoms with E-state index in [2.05, 4.69) is 21.2 Å².